The molecule has 84 valence electrons. The van der Waals surface area contributed by atoms with Gasteiger partial charge in [0.1, 0.15) is 11.8 Å². The summed E-state index contributed by atoms with van der Waals surface area (Å²) in [4.78, 5) is 12.9. The Hall–Kier alpha value is -1.67. The first-order chi connectivity index (χ1) is 7.79. The van der Waals surface area contributed by atoms with Gasteiger partial charge < -0.3 is 9.80 Å². The second-order valence-corrected chi connectivity index (χ2v) is 4.00. The lowest BCUT2D eigenvalue weighted by molar-refractivity contribution is 0.360. The molecule has 0 atom stereocenters. The molecular formula is C11H15N5. The molecule has 1 saturated heterocycles. The zero-order chi connectivity index (χ0) is 11.4. The third-order valence-electron chi connectivity index (χ3n) is 2.76. The molecule has 0 spiro atoms. The number of nitriles is 1. The highest BCUT2D eigenvalue weighted by Crippen LogP contribution is 2.10. The lowest BCUT2D eigenvalue weighted by Crippen LogP contribution is -2.30. The molecule has 2 rings (SSSR count). The standard InChI is InChI=1S/C11H15N5/c1-15-5-2-6-16(8-7-15)11-13-4-3-10(9-12)14-11/h3-4H,2,5-8H2,1H3. The maximum atomic E-state index is 8.79. The molecular weight excluding hydrogens is 202 g/mol. The van der Waals surface area contributed by atoms with Crippen LogP contribution in [0.15, 0.2) is 12.3 Å². The van der Waals surface area contributed by atoms with Crippen LogP contribution < -0.4 is 4.90 Å². The van der Waals surface area contributed by atoms with E-state index in [4.69, 9.17) is 5.26 Å². The number of hydrogen-bond acceptors (Lipinski definition) is 5. The zero-order valence-corrected chi connectivity index (χ0v) is 9.43. The summed E-state index contributed by atoms with van der Waals surface area (Å²) >= 11 is 0. The van der Waals surface area contributed by atoms with E-state index in [0.29, 0.717) is 11.6 Å². The predicted octanol–water partition coefficient (Wildman–Crippen LogP) is 0.490. The van der Waals surface area contributed by atoms with Gasteiger partial charge in [0.05, 0.1) is 0 Å². The molecule has 0 N–H and O–H groups in total. The van der Waals surface area contributed by atoms with Crippen molar-refractivity contribution in [2.24, 2.45) is 0 Å². The van der Waals surface area contributed by atoms with Gasteiger partial charge in [-0.1, -0.05) is 0 Å². The first kappa shape index (κ1) is 10.8. The Morgan fingerprint density at radius 2 is 2.19 bits per heavy atom. The van der Waals surface area contributed by atoms with E-state index in [9.17, 15) is 0 Å². The summed E-state index contributed by atoms with van der Waals surface area (Å²) in [6, 6.07) is 3.68. The Labute approximate surface area is 95.3 Å². The zero-order valence-electron chi connectivity index (χ0n) is 9.43. The largest absolute Gasteiger partial charge is 0.339 e. The van der Waals surface area contributed by atoms with E-state index in [0.717, 1.165) is 32.6 Å². The fourth-order valence-corrected chi connectivity index (χ4v) is 1.81. The van der Waals surface area contributed by atoms with Crippen LogP contribution in [-0.2, 0) is 0 Å². The van der Waals surface area contributed by atoms with E-state index in [-0.39, 0.29) is 0 Å². The highest BCUT2D eigenvalue weighted by molar-refractivity contribution is 5.33. The van der Waals surface area contributed by atoms with E-state index in [1.165, 1.54) is 0 Å². The molecule has 2 heterocycles. The molecule has 0 saturated carbocycles. The van der Waals surface area contributed by atoms with Gasteiger partial charge in [-0.3, -0.25) is 0 Å². The van der Waals surface area contributed by atoms with Gasteiger partial charge in [-0.15, -0.1) is 0 Å². The Balaban J connectivity index is 2.14. The first-order valence-electron chi connectivity index (χ1n) is 5.46. The fourth-order valence-electron chi connectivity index (χ4n) is 1.81. The Morgan fingerprint density at radius 3 is 3.00 bits per heavy atom. The molecule has 5 nitrogen and oxygen atoms in total. The lowest BCUT2D eigenvalue weighted by atomic mass is 10.4. The molecule has 0 radical (unpaired) electrons. The van der Waals surface area contributed by atoms with Crippen molar-refractivity contribution in [3.8, 4) is 6.07 Å². The van der Waals surface area contributed by atoms with Crippen LogP contribution in [0.5, 0.6) is 0 Å². The summed E-state index contributed by atoms with van der Waals surface area (Å²) in [5, 5.41) is 8.79. The molecule has 0 aromatic carbocycles. The Kier molecular flexibility index (Phi) is 3.32. The average Bonchev–Trinajstić information content (AvgIpc) is 2.54. The first-order valence-corrected chi connectivity index (χ1v) is 5.46. The van der Waals surface area contributed by atoms with Crippen LogP contribution in [0.4, 0.5) is 5.95 Å². The van der Waals surface area contributed by atoms with Gasteiger partial charge in [0.15, 0.2) is 0 Å². The third-order valence-corrected chi connectivity index (χ3v) is 2.76. The number of anilines is 1. The van der Waals surface area contributed by atoms with Crippen LogP contribution in [0.2, 0.25) is 0 Å². The quantitative estimate of drug-likeness (QED) is 0.685. The van der Waals surface area contributed by atoms with Gasteiger partial charge in [0.2, 0.25) is 5.95 Å². The SMILES string of the molecule is CN1CCCN(c2nccc(C#N)n2)CC1. The maximum absolute atomic E-state index is 8.79. The van der Waals surface area contributed by atoms with E-state index < -0.39 is 0 Å². The van der Waals surface area contributed by atoms with Gasteiger partial charge in [0.25, 0.3) is 0 Å². The molecule has 1 aliphatic heterocycles. The monoisotopic (exact) mass is 217 g/mol. The van der Waals surface area contributed by atoms with Crippen LogP contribution >= 0.6 is 0 Å². The van der Waals surface area contributed by atoms with Gasteiger partial charge >= 0.3 is 0 Å². The van der Waals surface area contributed by atoms with Gasteiger partial charge in [-0.2, -0.15) is 5.26 Å². The molecule has 0 unspecified atom stereocenters. The minimum absolute atomic E-state index is 0.433. The van der Waals surface area contributed by atoms with Crippen LogP contribution in [-0.4, -0.2) is 48.1 Å². The topological polar surface area (TPSA) is 56.0 Å². The summed E-state index contributed by atoms with van der Waals surface area (Å²) in [5.41, 5.74) is 0.433. The van der Waals surface area contributed by atoms with Crippen LogP contribution in [0.25, 0.3) is 0 Å². The van der Waals surface area contributed by atoms with Crippen molar-refractivity contribution in [3.63, 3.8) is 0 Å². The van der Waals surface area contributed by atoms with Gasteiger partial charge in [0, 0.05) is 25.8 Å². The normalized spacial score (nSPS) is 17.9. The van der Waals surface area contributed by atoms with E-state index in [1.54, 1.807) is 12.3 Å². The molecule has 5 heteroatoms. The van der Waals surface area contributed by atoms with Crippen LogP contribution in [0.3, 0.4) is 0 Å². The minimum atomic E-state index is 0.433. The van der Waals surface area contributed by atoms with Crippen molar-refractivity contribution < 1.29 is 0 Å². The van der Waals surface area contributed by atoms with Crippen molar-refractivity contribution in [1.82, 2.24) is 14.9 Å². The highest BCUT2D eigenvalue weighted by atomic mass is 15.3. The van der Waals surface area contributed by atoms with Crippen molar-refractivity contribution in [2.75, 3.05) is 38.1 Å². The predicted molar refractivity (Wildman–Crippen MR) is 61.1 cm³/mol. The van der Waals surface area contributed by atoms with Crippen LogP contribution in [0.1, 0.15) is 12.1 Å². The number of nitrogens with zero attached hydrogens (tertiary/aromatic N) is 5. The van der Waals surface area contributed by atoms with Crippen molar-refractivity contribution >= 4 is 5.95 Å². The average molecular weight is 217 g/mol. The number of likely N-dealkylation sites (N-methyl/N-ethyl adjacent to an activating group) is 1. The second-order valence-electron chi connectivity index (χ2n) is 4.00. The summed E-state index contributed by atoms with van der Waals surface area (Å²) in [6.07, 6.45) is 2.76. The highest BCUT2D eigenvalue weighted by Gasteiger charge is 2.14. The summed E-state index contributed by atoms with van der Waals surface area (Å²) in [7, 11) is 2.12. The molecule has 0 amide bonds. The van der Waals surface area contributed by atoms with Crippen LogP contribution in [0, 0.1) is 11.3 Å². The van der Waals surface area contributed by atoms with E-state index >= 15 is 0 Å². The molecule has 1 aromatic rings. The van der Waals surface area contributed by atoms with E-state index in [2.05, 4.69) is 26.8 Å². The molecule has 16 heavy (non-hydrogen) atoms. The van der Waals surface area contributed by atoms with E-state index in [1.807, 2.05) is 6.07 Å². The molecule has 1 aliphatic rings. The number of hydrogen-bond donors (Lipinski definition) is 0. The lowest BCUT2D eigenvalue weighted by Gasteiger charge is -2.19. The Bertz CT molecular complexity index is 398. The summed E-state index contributed by atoms with van der Waals surface area (Å²) < 4.78 is 0. The molecule has 0 bridgehead atoms. The summed E-state index contributed by atoms with van der Waals surface area (Å²) in [6.45, 7) is 4.00. The van der Waals surface area contributed by atoms with Crippen molar-refractivity contribution in [1.29, 1.82) is 5.26 Å². The smallest absolute Gasteiger partial charge is 0.226 e. The number of rotatable bonds is 1. The van der Waals surface area contributed by atoms with Gasteiger partial charge in [-0.25, -0.2) is 9.97 Å². The Morgan fingerprint density at radius 1 is 1.31 bits per heavy atom. The molecule has 1 fully saturated rings. The fraction of sp³-hybridized carbons (Fsp3) is 0.545. The third kappa shape index (κ3) is 2.47. The van der Waals surface area contributed by atoms with Gasteiger partial charge in [-0.05, 0) is 26.1 Å². The van der Waals surface area contributed by atoms with Crippen molar-refractivity contribution in [3.05, 3.63) is 18.0 Å². The summed E-state index contributed by atoms with van der Waals surface area (Å²) in [5.74, 6) is 0.675. The van der Waals surface area contributed by atoms with Crippen molar-refractivity contribution in [2.45, 2.75) is 6.42 Å². The minimum Gasteiger partial charge on any atom is -0.339 e. The maximum Gasteiger partial charge on any atom is 0.226 e. The molecule has 0 aliphatic carbocycles. The second kappa shape index (κ2) is 4.90. The molecule has 1 aromatic heterocycles. The number of aromatic nitrogens is 2.